The molecule has 0 aliphatic rings. The van der Waals surface area contributed by atoms with E-state index in [4.69, 9.17) is 0 Å². The lowest BCUT2D eigenvalue weighted by molar-refractivity contribution is 0.385. The second-order valence-electron chi connectivity index (χ2n) is 2.86. The van der Waals surface area contributed by atoms with Crippen LogP contribution in [0.3, 0.4) is 0 Å². The Morgan fingerprint density at radius 2 is 1.47 bits per heavy atom. The lowest BCUT2D eigenvalue weighted by atomic mass is 10.2. The van der Waals surface area contributed by atoms with Crippen molar-refractivity contribution in [2.75, 3.05) is 0 Å². The van der Waals surface area contributed by atoms with Crippen molar-refractivity contribution in [2.24, 2.45) is 0 Å². The summed E-state index contributed by atoms with van der Waals surface area (Å²) >= 11 is 2.48. The molecule has 0 N–H and O–H groups in total. The zero-order chi connectivity index (χ0) is 11.8. The zero-order valence-corrected chi connectivity index (χ0v) is 9.54. The molecule has 0 nitrogen and oxygen atoms in total. The fourth-order valence-corrected chi connectivity index (χ4v) is 2.71. The van der Waals surface area contributed by atoms with E-state index in [9.17, 15) is 19.4 Å². The number of hydrogen-bond acceptors (Lipinski definition) is 0. The molecule has 0 aliphatic heterocycles. The summed E-state index contributed by atoms with van der Waals surface area (Å²) in [6.07, 6.45) is 0. The van der Waals surface area contributed by atoms with Crippen LogP contribution in [0.15, 0.2) is 35.7 Å². The van der Waals surface area contributed by atoms with E-state index >= 15 is 0 Å². The van der Waals surface area contributed by atoms with Crippen molar-refractivity contribution in [3.05, 3.63) is 41.3 Å². The summed E-state index contributed by atoms with van der Waals surface area (Å²) in [4.78, 5) is 0. The Kier molecular flexibility index (Phi) is 2.48. The van der Waals surface area contributed by atoms with E-state index in [1.165, 1.54) is 24.3 Å². The fraction of sp³-hybridized carbons (Fsp3) is 0. The van der Waals surface area contributed by atoms with Gasteiger partial charge in [0.1, 0.15) is 0 Å². The van der Waals surface area contributed by atoms with Gasteiger partial charge in [0.2, 0.25) is 0 Å². The number of hydrogen-bond donors (Lipinski definition) is 0. The first-order valence-electron chi connectivity index (χ1n) is 3.65. The van der Waals surface area contributed by atoms with Crippen LogP contribution in [0.1, 0.15) is 5.56 Å². The van der Waals surface area contributed by atoms with Crippen LogP contribution in [0.4, 0.5) is 19.4 Å². The number of rotatable bonds is 2. The first-order chi connectivity index (χ1) is 6.47. The van der Waals surface area contributed by atoms with Crippen LogP contribution in [0.25, 0.3) is 4.48 Å². The summed E-state index contributed by atoms with van der Waals surface area (Å²) in [7, 11) is -9.51. The third kappa shape index (κ3) is 5.17. The Morgan fingerprint density at radius 1 is 1.00 bits per heavy atom. The van der Waals surface area contributed by atoms with Gasteiger partial charge >= 0.3 is 10.2 Å². The standard InChI is InChI=1S/C8H6BrF5S/c9-8(6-15(10,11,12,13)14)7-4-2-1-3-5-7/h1-6H/b8-6+. The van der Waals surface area contributed by atoms with E-state index in [-0.39, 0.29) is 5.56 Å². The second-order valence-corrected chi connectivity index (χ2v) is 6.01. The van der Waals surface area contributed by atoms with Gasteiger partial charge in [-0.25, -0.2) is 0 Å². The molecule has 86 valence electrons. The molecule has 0 heterocycles. The molecule has 1 rings (SSSR count). The molecule has 0 fully saturated rings. The minimum Gasteiger partial charge on any atom is -0.0941 e. The topological polar surface area (TPSA) is 0 Å². The average Bonchev–Trinajstić information content (AvgIpc) is 2.00. The van der Waals surface area contributed by atoms with E-state index < -0.39 is 20.1 Å². The third-order valence-electron chi connectivity index (χ3n) is 1.38. The second kappa shape index (κ2) is 2.98. The van der Waals surface area contributed by atoms with Crippen LogP contribution in [-0.4, -0.2) is 0 Å². The van der Waals surface area contributed by atoms with Crippen LogP contribution < -0.4 is 0 Å². The molecular weight excluding hydrogens is 303 g/mol. The maximum absolute atomic E-state index is 12.0. The smallest absolute Gasteiger partial charge is 0.0941 e. The Balaban J connectivity index is 3.18. The van der Waals surface area contributed by atoms with Crippen molar-refractivity contribution in [3.63, 3.8) is 0 Å². The lowest BCUT2D eigenvalue weighted by Crippen LogP contribution is -2.00. The van der Waals surface area contributed by atoms with Crippen LogP contribution in [-0.2, 0) is 0 Å². The molecule has 0 bridgehead atoms. The molecule has 1 aromatic carbocycles. The van der Waals surface area contributed by atoms with Crippen molar-refractivity contribution in [2.45, 2.75) is 0 Å². The highest BCUT2D eigenvalue weighted by molar-refractivity contribution is 9.15. The van der Waals surface area contributed by atoms with Crippen molar-refractivity contribution >= 4 is 30.6 Å². The van der Waals surface area contributed by atoms with Gasteiger partial charge in [-0.3, -0.25) is 0 Å². The molecule has 0 unspecified atom stereocenters. The minimum absolute atomic E-state index is 0.0470. The van der Waals surface area contributed by atoms with E-state index in [0.717, 1.165) is 0 Å². The summed E-state index contributed by atoms with van der Waals surface area (Å²) < 4.78 is 59.5. The maximum atomic E-state index is 12.0. The Labute approximate surface area is 91.6 Å². The SMILES string of the molecule is FS(F)(F)(F)(F)/C=C(/Br)c1ccccc1. The van der Waals surface area contributed by atoms with Crippen LogP contribution in [0.5, 0.6) is 0 Å². The average molecular weight is 309 g/mol. The molecule has 0 atom stereocenters. The lowest BCUT2D eigenvalue weighted by Gasteiger charge is -2.37. The van der Waals surface area contributed by atoms with Gasteiger partial charge in [-0.2, -0.15) is 0 Å². The highest BCUT2D eigenvalue weighted by Gasteiger charge is 2.61. The number of halogens is 6. The Hall–Kier alpha value is -0.560. The van der Waals surface area contributed by atoms with Gasteiger partial charge in [-0.15, -0.1) is 0 Å². The molecular formula is C8H6BrF5S. The predicted molar refractivity (Wildman–Crippen MR) is 56.5 cm³/mol. The highest BCUT2D eigenvalue weighted by atomic mass is 79.9. The Morgan fingerprint density at radius 3 is 1.87 bits per heavy atom. The van der Waals surface area contributed by atoms with E-state index in [2.05, 4.69) is 15.9 Å². The van der Waals surface area contributed by atoms with Crippen molar-refractivity contribution in [1.82, 2.24) is 0 Å². The monoisotopic (exact) mass is 308 g/mol. The van der Waals surface area contributed by atoms with Gasteiger partial charge in [0.15, 0.2) is 0 Å². The van der Waals surface area contributed by atoms with Crippen LogP contribution in [0, 0.1) is 0 Å². The largest absolute Gasteiger partial charge is 0.305 e. The van der Waals surface area contributed by atoms with Gasteiger partial charge in [0.05, 0.1) is 5.41 Å². The van der Waals surface area contributed by atoms with Gasteiger partial charge in [-0.05, 0) is 21.5 Å². The van der Waals surface area contributed by atoms with Crippen molar-refractivity contribution in [3.8, 4) is 0 Å². The van der Waals surface area contributed by atoms with E-state index in [1.807, 2.05) is 0 Å². The summed E-state index contributed by atoms with van der Waals surface area (Å²) in [5.41, 5.74) is 0.0470. The number of benzene rings is 1. The van der Waals surface area contributed by atoms with Crippen LogP contribution >= 0.6 is 26.2 Å². The molecule has 0 aliphatic carbocycles. The fourth-order valence-electron chi connectivity index (χ4n) is 0.861. The first kappa shape index (κ1) is 12.5. The van der Waals surface area contributed by atoms with E-state index in [1.54, 1.807) is 6.07 Å². The molecule has 0 amide bonds. The maximum Gasteiger partial charge on any atom is 0.305 e. The molecule has 0 saturated heterocycles. The van der Waals surface area contributed by atoms with Crippen molar-refractivity contribution in [1.29, 1.82) is 0 Å². The summed E-state index contributed by atoms with van der Waals surface area (Å²) in [5.74, 6) is 0. The quantitative estimate of drug-likeness (QED) is 0.617. The van der Waals surface area contributed by atoms with Crippen molar-refractivity contribution < 1.29 is 19.4 Å². The normalized spacial score (nSPS) is 18.1. The van der Waals surface area contributed by atoms with Gasteiger partial charge in [-0.1, -0.05) is 49.8 Å². The first-order valence-corrected chi connectivity index (χ1v) is 6.45. The molecule has 1 aromatic rings. The molecule has 0 saturated carbocycles. The van der Waals surface area contributed by atoms with Gasteiger partial charge in [0, 0.05) is 4.48 Å². The zero-order valence-electron chi connectivity index (χ0n) is 7.14. The van der Waals surface area contributed by atoms with Crippen LogP contribution in [0.2, 0.25) is 0 Å². The summed E-state index contributed by atoms with van der Waals surface area (Å²) in [6.45, 7) is 0. The third-order valence-corrected chi connectivity index (χ3v) is 3.05. The summed E-state index contributed by atoms with van der Waals surface area (Å²) in [6, 6.07) is 7.07. The molecule has 0 radical (unpaired) electrons. The molecule has 7 heteroatoms. The highest BCUT2D eigenvalue weighted by Crippen LogP contribution is 2.99. The predicted octanol–water partition coefficient (Wildman–Crippen LogP) is 5.68. The Bertz CT molecular complexity index is 393. The van der Waals surface area contributed by atoms with Gasteiger partial charge in [0.25, 0.3) is 0 Å². The minimum atomic E-state index is -9.51. The molecule has 0 aromatic heterocycles. The molecule has 0 spiro atoms. The summed E-state index contributed by atoms with van der Waals surface area (Å²) in [5, 5.41) is -0.949. The van der Waals surface area contributed by atoms with E-state index in [0.29, 0.717) is 0 Å². The van der Waals surface area contributed by atoms with Gasteiger partial charge < -0.3 is 0 Å². The molecule has 15 heavy (non-hydrogen) atoms.